The monoisotopic (exact) mass is 494 g/mol. The smallest absolute Gasteiger partial charge is 0.343 e. The Morgan fingerprint density at radius 2 is 1.51 bits per heavy atom. The maximum absolute atomic E-state index is 12.4. The molecule has 4 aromatic carbocycles. The molecule has 5 rings (SSSR count). The summed E-state index contributed by atoms with van der Waals surface area (Å²) in [6, 6.07) is 29.1. The van der Waals surface area contributed by atoms with Crippen LogP contribution in [0.1, 0.15) is 15.9 Å². The zero-order valence-electron chi connectivity index (χ0n) is 19.6. The number of carbonyl (C=O) groups excluding carboxylic acids is 2. The van der Waals surface area contributed by atoms with E-state index in [1.807, 2.05) is 54.6 Å². The fraction of sp³-hybridized carbons (Fsp3) is 0.0690. The molecular weight excluding hydrogens is 472 g/mol. The van der Waals surface area contributed by atoms with E-state index in [0.717, 1.165) is 11.1 Å². The second kappa shape index (κ2) is 11.1. The summed E-state index contributed by atoms with van der Waals surface area (Å²) in [6.45, 7) is -0.0376. The highest BCUT2D eigenvalue weighted by atomic mass is 16.7. The molecule has 0 bridgehead atoms. The van der Waals surface area contributed by atoms with Crippen LogP contribution in [-0.2, 0) is 4.79 Å². The first kappa shape index (κ1) is 23.6. The van der Waals surface area contributed by atoms with Crippen molar-refractivity contribution in [2.75, 3.05) is 13.4 Å². The van der Waals surface area contributed by atoms with Gasteiger partial charge in [-0.3, -0.25) is 4.79 Å². The summed E-state index contributed by atoms with van der Waals surface area (Å²) < 4.78 is 21.5. The molecule has 0 saturated carbocycles. The van der Waals surface area contributed by atoms with Gasteiger partial charge in [0.2, 0.25) is 6.79 Å². The van der Waals surface area contributed by atoms with Crippen LogP contribution >= 0.6 is 0 Å². The lowest BCUT2D eigenvalue weighted by Crippen LogP contribution is -2.24. The summed E-state index contributed by atoms with van der Waals surface area (Å²) in [7, 11) is 0. The standard InChI is InChI=1S/C29H22N2O6/c32-28(18-34-24-13-8-22(9-14-24)21-4-2-1-3-5-21)31-30-17-20-6-11-25(12-7-20)37-29(33)23-10-15-26-27(16-23)36-19-35-26/h1-17H,18-19H2,(H,31,32)/b30-17-. The number of nitrogens with one attached hydrogen (secondary N) is 1. The number of ether oxygens (including phenoxy) is 4. The molecule has 8 nitrogen and oxygen atoms in total. The molecule has 0 spiro atoms. The van der Waals surface area contributed by atoms with Gasteiger partial charge in [-0.25, -0.2) is 10.2 Å². The molecule has 0 saturated heterocycles. The number of amides is 1. The highest BCUT2D eigenvalue weighted by molar-refractivity contribution is 5.92. The highest BCUT2D eigenvalue weighted by Crippen LogP contribution is 2.32. The molecule has 0 radical (unpaired) electrons. The van der Waals surface area contributed by atoms with Gasteiger partial charge in [-0.1, -0.05) is 42.5 Å². The summed E-state index contributed by atoms with van der Waals surface area (Å²) >= 11 is 0. The third-order valence-electron chi connectivity index (χ3n) is 5.43. The predicted octanol–water partition coefficient (Wildman–Crippen LogP) is 4.83. The van der Waals surface area contributed by atoms with Crippen molar-refractivity contribution in [3.8, 4) is 34.1 Å². The number of esters is 1. The topological polar surface area (TPSA) is 95.5 Å². The van der Waals surface area contributed by atoms with Crippen LogP contribution in [0.15, 0.2) is 102 Å². The normalized spacial score (nSPS) is 11.8. The molecule has 4 aromatic rings. The second-order valence-corrected chi connectivity index (χ2v) is 8.00. The first-order chi connectivity index (χ1) is 18.1. The fourth-order valence-corrected chi connectivity index (χ4v) is 3.55. The van der Waals surface area contributed by atoms with Crippen LogP contribution in [0.25, 0.3) is 11.1 Å². The van der Waals surface area contributed by atoms with E-state index in [9.17, 15) is 9.59 Å². The Balaban J connectivity index is 1.07. The van der Waals surface area contributed by atoms with Crippen LogP contribution in [0.3, 0.4) is 0 Å². The van der Waals surface area contributed by atoms with Gasteiger partial charge in [0, 0.05) is 0 Å². The summed E-state index contributed by atoms with van der Waals surface area (Å²) in [6.07, 6.45) is 1.48. The van der Waals surface area contributed by atoms with Crippen LogP contribution in [0, 0.1) is 0 Å². The molecular formula is C29H22N2O6. The van der Waals surface area contributed by atoms with Crippen LogP contribution in [-0.4, -0.2) is 31.5 Å². The lowest BCUT2D eigenvalue weighted by atomic mass is 10.1. The van der Waals surface area contributed by atoms with E-state index in [2.05, 4.69) is 10.5 Å². The van der Waals surface area contributed by atoms with E-state index in [1.165, 1.54) is 6.21 Å². The maximum atomic E-state index is 12.4. The van der Waals surface area contributed by atoms with Crippen molar-refractivity contribution in [3.63, 3.8) is 0 Å². The van der Waals surface area contributed by atoms with E-state index in [1.54, 1.807) is 42.5 Å². The Morgan fingerprint density at radius 3 is 2.30 bits per heavy atom. The number of nitrogens with zero attached hydrogens (tertiary/aromatic N) is 1. The van der Waals surface area contributed by atoms with E-state index < -0.39 is 11.9 Å². The lowest BCUT2D eigenvalue weighted by molar-refractivity contribution is -0.123. The van der Waals surface area contributed by atoms with Crippen LogP contribution < -0.4 is 24.4 Å². The quantitative estimate of drug-likeness (QED) is 0.163. The third-order valence-corrected chi connectivity index (χ3v) is 5.43. The zero-order chi connectivity index (χ0) is 25.5. The van der Waals surface area contributed by atoms with Crippen LogP contribution in [0.2, 0.25) is 0 Å². The van der Waals surface area contributed by atoms with Crippen LogP contribution in [0.4, 0.5) is 0 Å². The average molecular weight is 495 g/mol. The molecule has 1 amide bonds. The van der Waals surface area contributed by atoms with Crippen molar-refractivity contribution in [1.29, 1.82) is 0 Å². The van der Waals surface area contributed by atoms with E-state index in [0.29, 0.717) is 34.1 Å². The largest absolute Gasteiger partial charge is 0.484 e. The number of carbonyl (C=O) groups is 2. The average Bonchev–Trinajstić information content (AvgIpc) is 3.42. The third kappa shape index (κ3) is 6.12. The van der Waals surface area contributed by atoms with Gasteiger partial charge in [-0.05, 0) is 71.3 Å². The van der Waals surface area contributed by atoms with Crippen molar-refractivity contribution < 1.29 is 28.5 Å². The van der Waals surface area contributed by atoms with Crippen molar-refractivity contribution in [3.05, 3.63) is 108 Å². The van der Waals surface area contributed by atoms with Gasteiger partial charge < -0.3 is 18.9 Å². The number of fused-ring (bicyclic) bond motifs is 1. The molecule has 1 heterocycles. The molecule has 0 aliphatic carbocycles. The number of hydrogen-bond donors (Lipinski definition) is 1. The predicted molar refractivity (Wildman–Crippen MR) is 137 cm³/mol. The minimum atomic E-state index is -0.512. The van der Waals surface area contributed by atoms with Gasteiger partial charge in [0.05, 0.1) is 11.8 Å². The number of hydrogen-bond acceptors (Lipinski definition) is 7. The van der Waals surface area contributed by atoms with Crippen LogP contribution in [0.5, 0.6) is 23.0 Å². The van der Waals surface area contributed by atoms with Crippen molar-refractivity contribution >= 4 is 18.1 Å². The van der Waals surface area contributed by atoms with Gasteiger partial charge in [0.25, 0.3) is 5.91 Å². The SMILES string of the molecule is O=C(COc1ccc(-c2ccccc2)cc1)N/N=C\c1ccc(OC(=O)c2ccc3c(c2)OCO3)cc1. The zero-order valence-corrected chi connectivity index (χ0v) is 19.6. The Hall–Kier alpha value is -5.11. The minimum absolute atomic E-state index is 0.132. The fourth-order valence-electron chi connectivity index (χ4n) is 3.55. The molecule has 1 aliphatic heterocycles. The first-order valence-corrected chi connectivity index (χ1v) is 11.5. The van der Waals surface area contributed by atoms with E-state index in [-0.39, 0.29) is 13.4 Å². The number of rotatable bonds is 8. The Labute approximate surface area is 213 Å². The minimum Gasteiger partial charge on any atom is -0.484 e. The summed E-state index contributed by atoms with van der Waals surface area (Å²) in [5.74, 6) is 1.16. The molecule has 1 N–H and O–H groups in total. The van der Waals surface area contributed by atoms with Crippen molar-refractivity contribution in [1.82, 2.24) is 5.43 Å². The molecule has 8 heteroatoms. The molecule has 0 fully saturated rings. The van der Waals surface area contributed by atoms with Gasteiger partial charge in [-0.15, -0.1) is 0 Å². The van der Waals surface area contributed by atoms with Gasteiger partial charge in [-0.2, -0.15) is 5.10 Å². The van der Waals surface area contributed by atoms with Gasteiger partial charge in [0.15, 0.2) is 18.1 Å². The summed E-state index contributed by atoms with van der Waals surface area (Å²) in [4.78, 5) is 24.4. The maximum Gasteiger partial charge on any atom is 0.343 e. The highest BCUT2D eigenvalue weighted by Gasteiger charge is 2.17. The Kier molecular flexibility index (Phi) is 7.08. The Bertz CT molecular complexity index is 1420. The molecule has 0 unspecified atom stereocenters. The molecule has 0 atom stereocenters. The molecule has 0 aromatic heterocycles. The number of benzene rings is 4. The van der Waals surface area contributed by atoms with Crippen molar-refractivity contribution in [2.24, 2.45) is 5.10 Å². The van der Waals surface area contributed by atoms with Gasteiger partial charge in [0.1, 0.15) is 11.5 Å². The molecule has 1 aliphatic rings. The number of hydrazone groups is 1. The van der Waals surface area contributed by atoms with Gasteiger partial charge >= 0.3 is 5.97 Å². The summed E-state index contributed by atoms with van der Waals surface area (Å²) in [5.41, 5.74) is 5.66. The second-order valence-electron chi connectivity index (χ2n) is 8.00. The lowest BCUT2D eigenvalue weighted by Gasteiger charge is -2.07. The first-order valence-electron chi connectivity index (χ1n) is 11.5. The Morgan fingerprint density at radius 1 is 0.811 bits per heavy atom. The van der Waals surface area contributed by atoms with Crippen molar-refractivity contribution in [2.45, 2.75) is 0 Å². The molecule has 37 heavy (non-hydrogen) atoms. The van der Waals surface area contributed by atoms with E-state index in [4.69, 9.17) is 18.9 Å². The summed E-state index contributed by atoms with van der Waals surface area (Å²) in [5, 5.41) is 3.94. The molecule has 184 valence electrons. The van der Waals surface area contributed by atoms with E-state index >= 15 is 0 Å².